The lowest BCUT2D eigenvalue weighted by molar-refractivity contribution is -0.0976. The standard InChI is InChI=1S/C15H21N3O/c1-5-19-13-8-12(15(13,3)4)18-14-11(9-16)10(2)6-7-17-14/h6-7,12-13H,5,8H2,1-4H3,(H,17,18). The number of aromatic nitrogens is 1. The van der Waals surface area contributed by atoms with Crippen LogP contribution in [-0.2, 0) is 4.74 Å². The molecule has 1 N–H and O–H groups in total. The van der Waals surface area contributed by atoms with Crippen LogP contribution in [0.4, 0.5) is 5.82 Å². The minimum absolute atomic E-state index is 0.0637. The lowest BCUT2D eigenvalue weighted by Crippen LogP contribution is -2.58. The Morgan fingerprint density at radius 2 is 2.32 bits per heavy atom. The van der Waals surface area contributed by atoms with Gasteiger partial charge in [-0.15, -0.1) is 0 Å². The summed E-state index contributed by atoms with van der Waals surface area (Å²) in [5.41, 5.74) is 1.66. The van der Waals surface area contributed by atoms with E-state index >= 15 is 0 Å². The lowest BCUT2D eigenvalue weighted by Gasteiger charge is -2.51. The van der Waals surface area contributed by atoms with Crippen LogP contribution in [0.3, 0.4) is 0 Å². The monoisotopic (exact) mass is 259 g/mol. The molecule has 1 aromatic rings. The number of ether oxygens (including phenoxy) is 1. The van der Waals surface area contributed by atoms with Crippen LogP contribution in [0.25, 0.3) is 0 Å². The van der Waals surface area contributed by atoms with Gasteiger partial charge in [0, 0.05) is 24.3 Å². The van der Waals surface area contributed by atoms with Gasteiger partial charge in [-0.3, -0.25) is 0 Å². The summed E-state index contributed by atoms with van der Waals surface area (Å²) in [5.74, 6) is 0.690. The Kier molecular flexibility index (Phi) is 3.77. The first kappa shape index (κ1) is 13.8. The van der Waals surface area contributed by atoms with Crippen LogP contribution in [0.5, 0.6) is 0 Å². The average molecular weight is 259 g/mol. The van der Waals surface area contributed by atoms with Crippen molar-refractivity contribution in [2.75, 3.05) is 11.9 Å². The van der Waals surface area contributed by atoms with E-state index in [0.717, 1.165) is 18.6 Å². The van der Waals surface area contributed by atoms with Crippen LogP contribution in [0.1, 0.15) is 38.3 Å². The van der Waals surface area contributed by atoms with E-state index in [4.69, 9.17) is 4.74 Å². The first-order chi connectivity index (χ1) is 9.00. The molecule has 1 heterocycles. The van der Waals surface area contributed by atoms with Crippen LogP contribution >= 0.6 is 0 Å². The summed E-state index contributed by atoms with van der Waals surface area (Å²) >= 11 is 0. The van der Waals surface area contributed by atoms with Gasteiger partial charge in [0.15, 0.2) is 0 Å². The van der Waals surface area contributed by atoms with E-state index in [2.05, 4.69) is 30.2 Å². The molecular weight excluding hydrogens is 238 g/mol. The summed E-state index contributed by atoms with van der Waals surface area (Å²) in [7, 11) is 0. The summed E-state index contributed by atoms with van der Waals surface area (Å²) in [6.07, 6.45) is 2.98. The van der Waals surface area contributed by atoms with Crippen molar-refractivity contribution >= 4 is 5.82 Å². The number of hydrogen-bond acceptors (Lipinski definition) is 4. The highest BCUT2D eigenvalue weighted by Gasteiger charge is 2.49. The molecule has 19 heavy (non-hydrogen) atoms. The van der Waals surface area contributed by atoms with Crippen LogP contribution < -0.4 is 5.32 Å². The molecule has 1 fully saturated rings. The average Bonchev–Trinajstić information content (AvgIpc) is 2.38. The van der Waals surface area contributed by atoms with Gasteiger partial charge in [-0.05, 0) is 31.9 Å². The van der Waals surface area contributed by atoms with Crippen molar-refractivity contribution in [3.63, 3.8) is 0 Å². The number of rotatable bonds is 4. The SMILES string of the molecule is CCOC1CC(Nc2nccc(C)c2C#N)C1(C)C. The Hall–Kier alpha value is -1.60. The van der Waals surface area contributed by atoms with Gasteiger partial charge in [0.05, 0.1) is 11.7 Å². The Bertz CT molecular complexity index is 505. The van der Waals surface area contributed by atoms with E-state index in [1.165, 1.54) is 0 Å². The summed E-state index contributed by atoms with van der Waals surface area (Å²) in [4.78, 5) is 4.29. The Morgan fingerprint density at radius 3 is 2.89 bits per heavy atom. The Morgan fingerprint density at radius 1 is 1.58 bits per heavy atom. The number of nitriles is 1. The molecule has 2 unspecified atom stereocenters. The summed E-state index contributed by atoms with van der Waals surface area (Å²) in [6, 6.07) is 4.38. The molecule has 0 amide bonds. The number of anilines is 1. The van der Waals surface area contributed by atoms with Crippen molar-refractivity contribution in [2.24, 2.45) is 5.41 Å². The third-order valence-corrected chi connectivity index (χ3v) is 4.13. The van der Waals surface area contributed by atoms with E-state index in [-0.39, 0.29) is 11.5 Å². The Labute approximate surface area is 114 Å². The Balaban J connectivity index is 2.12. The molecule has 102 valence electrons. The van der Waals surface area contributed by atoms with Crippen molar-refractivity contribution in [2.45, 2.75) is 46.3 Å². The minimum Gasteiger partial charge on any atom is -0.378 e. The predicted molar refractivity (Wildman–Crippen MR) is 74.9 cm³/mol. The zero-order chi connectivity index (χ0) is 14.0. The van der Waals surface area contributed by atoms with Crippen LogP contribution in [0.15, 0.2) is 12.3 Å². The number of hydrogen-bond donors (Lipinski definition) is 1. The molecule has 0 radical (unpaired) electrons. The largest absolute Gasteiger partial charge is 0.378 e. The normalized spacial score (nSPS) is 24.4. The van der Waals surface area contributed by atoms with Crippen LogP contribution in [-0.4, -0.2) is 23.7 Å². The highest BCUT2D eigenvalue weighted by molar-refractivity contribution is 5.56. The van der Waals surface area contributed by atoms with Crippen LogP contribution in [0, 0.1) is 23.7 Å². The minimum atomic E-state index is 0.0637. The molecule has 0 saturated heterocycles. The van der Waals surface area contributed by atoms with Gasteiger partial charge in [-0.25, -0.2) is 4.98 Å². The number of nitrogens with one attached hydrogen (secondary N) is 1. The molecular formula is C15H21N3O. The highest BCUT2D eigenvalue weighted by Crippen LogP contribution is 2.44. The van der Waals surface area contributed by atoms with Crippen molar-refractivity contribution in [1.29, 1.82) is 5.26 Å². The second kappa shape index (κ2) is 5.18. The molecule has 1 aromatic heterocycles. The third-order valence-electron chi connectivity index (χ3n) is 4.13. The molecule has 4 nitrogen and oxygen atoms in total. The summed E-state index contributed by atoms with van der Waals surface area (Å²) in [6.45, 7) is 9.08. The zero-order valence-electron chi connectivity index (χ0n) is 12.0. The highest BCUT2D eigenvalue weighted by atomic mass is 16.5. The maximum Gasteiger partial charge on any atom is 0.144 e. The van der Waals surface area contributed by atoms with Crippen LogP contribution in [0.2, 0.25) is 0 Å². The van der Waals surface area contributed by atoms with Crippen molar-refractivity contribution in [1.82, 2.24) is 4.98 Å². The molecule has 0 aliphatic heterocycles. The third kappa shape index (κ3) is 2.43. The van der Waals surface area contributed by atoms with E-state index < -0.39 is 0 Å². The zero-order valence-corrected chi connectivity index (χ0v) is 12.0. The quantitative estimate of drug-likeness (QED) is 0.903. The van der Waals surface area contributed by atoms with Gasteiger partial charge in [-0.1, -0.05) is 13.8 Å². The van der Waals surface area contributed by atoms with Gasteiger partial charge in [0.1, 0.15) is 11.9 Å². The number of nitrogens with zero attached hydrogens (tertiary/aromatic N) is 2. The maximum atomic E-state index is 9.21. The predicted octanol–water partition coefficient (Wildman–Crippen LogP) is 2.88. The summed E-state index contributed by atoms with van der Waals surface area (Å²) < 4.78 is 5.72. The van der Waals surface area contributed by atoms with Gasteiger partial charge in [-0.2, -0.15) is 5.26 Å². The van der Waals surface area contributed by atoms with E-state index in [1.807, 2.05) is 19.9 Å². The summed E-state index contributed by atoms with van der Waals surface area (Å²) in [5, 5.41) is 12.6. The fraction of sp³-hybridized carbons (Fsp3) is 0.600. The molecule has 4 heteroatoms. The lowest BCUT2D eigenvalue weighted by atomic mass is 9.64. The first-order valence-corrected chi connectivity index (χ1v) is 6.74. The molecule has 0 bridgehead atoms. The van der Waals surface area contributed by atoms with Gasteiger partial charge in [0.25, 0.3) is 0 Å². The van der Waals surface area contributed by atoms with Gasteiger partial charge in [0.2, 0.25) is 0 Å². The number of pyridine rings is 1. The van der Waals surface area contributed by atoms with E-state index in [9.17, 15) is 5.26 Å². The smallest absolute Gasteiger partial charge is 0.144 e. The first-order valence-electron chi connectivity index (χ1n) is 6.74. The molecule has 2 rings (SSSR count). The second-order valence-corrected chi connectivity index (χ2v) is 5.66. The maximum absolute atomic E-state index is 9.21. The molecule has 0 aromatic carbocycles. The molecule has 1 aliphatic carbocycles. The second-order valence-electron chi connectivity index (χ2n) is 5.66. The van der Waals surface area contributed by atoms with Crippen molar-refractivity contribution < 1.29 is 4.74 Å². The van der Waals surface area contributed by atoms with E-state index in [1.54, 1.807) is 6.20 Å². The molecule has 1 saturated carbocycles. The topological polar surface area (TPSA) is 57.9 Å². The van der Waals surface area contributed by atoms with E-state index in [0.29, 0.717) is 17.4 Å². The fourth-order valence-electron chi connectivity index (χ4n) is 2.59. The molecule has 2 atom stereocenters. The fourth-order valence-corrected chi connectivity index (χ4v) is 2.59. The number of aryl methyl sites for hydroxylation is 1. The molecule has 0 spiro atoms. The van der Waals surface area contributed by atoms with Crippen molar-refractivity contribution in [3.05, 3.63) is 23.4 Å². The van der Waals surface area contributed by atoms with Gasteiger partial charge >= 0.3 is 0 Å². The molecule has 1 aliphatic rings. The van der Waals surface area contributed by atoms with Gasteiger partial charge < -0.3 is 10.1 Å². The van der Waals surface area contributed by atoms with Crippen molar-refractivity contribution in [3.8, 4) is 6.07 Å².